The largest absolute Gasteiger partial charge is 0.415 e. The molecule has 2 unspecified atom stereocenters. The predicted octanol–water partition coefficient (Wildman–Crippen LogP) is 5.91. The molecule has 0 amide bonds. The van der Waals surface area contributed by atoms with Gasteiger partial charge in [-0.25, -0.2) is 0 Å². The zero-order valence-electron chi connectivity index (χ0n) is 15.4. The molecule has 0 spiro atoms. The van der Waals surface area contributed by atoms with E-state index in [0.29, 0.717) is 0 Å². The van der Waals surface area contributed by atoms with E-state index in [4.69, 9.17) is 4.43 Å². The quantitative estimate of drug-likeness (QED) is 0.550. The summed E-state index contributed by atoms with van der Waals surface area (Å²) < 4.78 is 6.89. The van der Waals surface area contributed by atoms with Crippen molar-refractivity contribution in [1.82, 2.24) is 0 Å². The molecular weight excluding hydrogens is 292 g/mol. The third-order valence-electron chi connectivity index (χ3n) is 6.42. The first-order valence-corrected chi connectivity index (χ1v) is 19.6. The van der Waals surface area contributed by atoms with Crippen molar-refractivity contribution in [1.29, 1.82) is 0 Å². The summed E-state index contributed by atoms with van der Waals surface area (Å²) in [6.45, 7) is 20.3. The highest BCUT2D eigenvalue weighted by molar-refractivity contribution is 7.67. The lowest BCUT2D eigenvalue weighted by molar-refractivity contribution is 0.0881. The minimum atomic E-state index is -1.49. The van der Waals surface area contributed by atoms with Crippen molar-refractivity contribution in [3.8, 4) is 0 Å². The Hall–Kier alpha value is 0.611. The molecule has 1 nitrogen and oxygen atoms in total. The summed E-state index contributed by atoms with van der Waals surface area (Å²) >= 11 is 0. The van der Waals surface area contributed by atoms with Crippen molar-refractivity contribution < 1.29 is 4.43 Å². The molecule has 0 bridgehead atoms. The van der Waals surface area contributed by atoms with Crippen LogP contribution in [0.5, 0.6) is 0 Å². The SMILES string of the molecule is CCCCC1(C)C[Si](C)(CCCC)[Si](C)(C)[Si](C)(C)O1. The zero-order valence-corrected chi connectivity index (χ0v) is 18.4. The molecule has 4 heteroatoms. The van der Waals surface area contributed by atoms with Gasteiger partial charge in [0.05, 0.1) is 12.7 Å². The summed E-state index contributed by atoms with van der Waals surface area (Å²) in [7, 11) is -3.80. The van der Waals surface area contributed by atoms with Gasteiger partial charge in [0.2, 0.25) is 0 Å². The topological polar surface area (TPSA) is 9.23 Å². The molecule has 2 atom stereocenters. The molecule has 0 aromatic carbocycles. The predicted molar refractivity (Wildman–Crippen MR) is 100 cm³/mol. The van der Waals surface area contributed by atoms with Crippen molar-refractivity contribution in [2.24, 2.45) is 0 Å². The summed E-state index contributed by atoms with van der Waals surface area (Å²) in [6, 6.07) is 3.00. The lowest BCUT2D eigenvalue weighted by Gasteiger charge is -2.60. The molecule has 120 valence electrons. The number of hydrogen-bond donors (Lipinski definition) is 0. The Balaban J connectivity index is 3.06. The van der Waals surface area contributed by atoms with Crippen LogP contribution in [0.15, 0.2) is 0 Å². The van der Waals surface area contributed by atoms with E-state index in [-0.39, 0.29) is 5.60 Å². The molecule has 1 heterocycles. The van der Waals surface area contributed by atoms with Gasteiger partial charge in [-0.1, -0.05) is 65.2 Å². The van der Waals surface area contributed by atoms with Crippen LogP contribution in [0.3, 0.4) is 0 Å². The second-order valence-corrected chi connectivity index (χ2v) is 35.3. The molecule has 1 saturated heterocycles. The van der Waals surface area contributed by atoms with E-state index in [9.17, 15) is 0 Å². The fraction of sp³-hybridized carbons (Fsp3) is 1.00. The van der Waals surface area contributed by atoms with E-state index in [2.05, 4.69) is 53.5 Å². The van der Waals surface area contributed by atoms with Crippen LogP contribution in [-0.2, 0) is 4.43 Å². The minimum absolute atomic E-state index is 0.211. The van der Waals surface area contributed by atoms with Crippen LogP contribution in [-0.4, -0.2) is 28.1 Å². The van der Waals surface area contributed by atoms with E-state index in [1.165, 1.54) is 38.1 Å². The molecule has 0 aromatic heterocycles. The van der Waals surface area contributed by atoms with Crippen LogP contribution < -0.4 is 0 Å². The number of rotatable bonds is 6. The van der Waals surface area contributed by atoms with Gasteiger partial charge in [0, 0.05) is 7.59 Å². The average molecular weight is 331 g/mol. The zero-order chi connectivity index (χ0) is 15.7. The van der Waals surface area contributed by atoms with Gasteiger partial charge in [0.1, 0.15) is 0 Å². The van der Waals surface area contributed by atoms with Crippen molar-refractivity contribution in [3.05, 3.63) is 0 Å². The lowest BCUT2D eigenvalue weighted by atomic mass is 10.0. The Bertz CT molecular complexity index is 330. The van der Waals surface area contributed by atoms with Crippen LogP contribution in [0.1, 0.15) is 52.9 Å². The Morgan fingerprint density at radius 2 is 1.50 bits per heavy atom. The van der Waals surface area contributed by atoms with Gasteiger partial charge in [0.25, 0.3) is 0 Å². The van der Waals surface area contributed by atoms with E-state index in [0.717, 1.165) is 0 Å². The van der Waals surface area contributed by atoms with Crippen molar-refractivity contribution >= 4 is 22.5 Å². The fourth-order valence-corrected chi connectivity index (χ4v) is 37.9. The van der Waals surface area contributed by atoms with Gasteiger partial charge in [-0.15, -0.1) is 0 Å². The maximum Gasteiger partial charge on any atom is 0.172 e. The maximum atomic E-state index is 6.89. The number of unbranched alkanes of at least 4 members (excludes halogenated alkanes) is 2. The average Bonchev–Trinajstić information content (AvgIpc) is 2.31. The van der Waals surface area contributed by atoms with Crippen molar-refractivity contribution in [2.45, 2.75) is 103 Å². The molecule has 0 saturated carbocycles. The van der Waals surface area contributed by atoms with Gasteiger partial charge >= 0.3 is 0 Å². The molecule has 1 aliphatic rings. The second kappa shape index (κ2) is 6.39. The first-order chi connectivity index (χ1) is 9.04. The summed E-state index contributed by atoms with van der Waals surface area (Å²) in [5.41, 5.74) is 0.211. The molecule has 0 aromatic rings. The molecule has 1 fully saturated rings. The van der Waals surface area contributed by atoms with Gasteiger partial charge in [-0.3, -0.25) is 0 Å². The van der Waals surface area contributed by atoms with Gasteiger partial charge in [-0.05, 0) is 32.5 Å². The van der Waals surface area contributed by atoms with Crippen molar-refractivity contribution in [2.75, 3.05) is 0 Å². The Morgan fingerprint density at radius 3 is 2.00 bits per heavy atom. The number of hydrogen-bond acceptors (Lipinski definition) is 1. The third kappa shape index (κ3) is 3.50. The third-order valence-corrected chi connectivity index (χ3v) is 47.0. The van der Waals surface area contributed by atoms with Gasteiger partial charge < -0.3 is 4.43 Å². The first kappa shape index (κ1) is 18.7. The maximum absolute atomic E-state index is 6.89. The lowest BCUT2D eigenvalue weighted by Crippen LogP contribution is -2.79. The monoisotopic (exact) mass is 330 g/mol. The van der Waals surface area contributed by atoms with E-state index >= 15 is 0 Å². The Morgan fingerprint density at radius 1 is 0.950 bits per heavy atom. The highest BCUT2D eigenvalue weighted by atomic mass is 29.6. The van der Waals surface area contributed by atoms with Crippen LogP contribution >= 0.6 is 0 Å². The van der Waals surface area contributed by atoms with Gasteiger partial charge in [-0.2, -0.15) is 0 Å². The van der Waals surface area contributed by atoms with Gasteiger partial charge in [0.15, 0.2) is 7.83 Å². The van der Waals surface area contributed by atoms with Crippen LogP contribution in [0.25, 0.3) is 0 Å². The van der Waals surface area contributed by atoms with Crippen molar-refractivity contribution in [3.63, 3.8) is 0 Å². The van der Waals surface area contributed by atoms with Crippen LogP contribution in [0.4, 0.5) is 0 Å². The Kier molecular flexibility index (Phi) is 5.96. The van der Waals surface area contributed by atoms with E-state index in [1.807, 2.05) is 0 Å². The normalized spacial score (nSPS) is 36.0. The summed E-state index contributed by atoms with van der Waals surface area (Å²) in [5, 5.41) is 0. The smallest absolute Gasteiger partial charge is 0.172 e. The van der Waals surface area contributed by atoms with Crippen LogP contribution in [0, 0.1) is 0 Å². The van der Waals surface area contributed by atoms with E-state index in [1.54, 1.807) is 6.04 Å². The molecule has 0 aliphatic carbocycles. The van der Waals surface area contributed by atoms with Crippen LogP contribution in [0.2, 0.25) is 44.8 Å². The summed E-state index contributed by atoms with van der Waals surface area (Å²) in [5.74, 6) is 0. The second-order valence-electron chi connectivity index (χ2n) is 8.63. The molecule has 0 N–H and O–H groups in total. The summed E-state index contributed by atoms with van der Waals surface area (Å²) in [4.78, 5) is 0. The highest BCUT2D eigenvalue weighted by Crippen LogP contribution is 2.47. The minimum Gasteiger partial charge on any atom is -0.415 e. The Labute approximate surface area is 130 Å². The molecular formula is C16H38OSi3. The highest BCUT2D eigenvalue weighted by Gasteiger charge is 2.62. The molecule has 20 heavy (non-hydrogen) atoms. The first-order valence-electron chi connectivity index (χ1n) is 8.74. The summed E-state index contributed by atoms with van der Waals surface area (Å²) in [6.07, 6.45) is 6.74. The fourth-order valence-electron chi connectivity index (χ4n) is 4.21. The molecule has 1 aliphatic heterocycles. The van der Waals surface area contributed by atoms with E-state index < -0.39 is 22.5 Å². The standard InChI is InChI=1S/C16H38OSi3/c1-9-11-13-16(3)15-20(8,14-12-10-2)19(6,7)18(4,5)17-16/h9-15H2,1-8H3. The molecule has 0 radical (unpaired) electrons. The molecule has 1 rings (SSSR count).